The third-order valence-corrected chi connectivity index (χ3v) is 6.83. The Bertz CT molecular complexity index is 1240. The number of benzene rings is 2. The first-order valence-electron chi connectivity index (χ1n) is 11.6. The molecule has 8 nitrogen and oxygen atoms in total. The van der Waals surface area contributed by atoms with Crippen molar-refractivity contribution in [3.05, 3.63) is 70.1 Å². The summed E-state index contributed by atoms with van der Waals surface area (Å²) in [7, 11) is 7.54. The Labute approximate surface area is 210 Å². The van der Waals surface area contributed by atoms with Gasteiger partial charge in [-0.2, -0.15) is 0 Å². The lowest BCUT2D eigenvalue weighted by Gasteiger charge is -2.37. The normalized spacial score (nSPS) is 19.3. The Kier molecular flexibility index (Phi) is 7.24. The van der Waals surface area contributed by atoms with Crippen LogP contribution in [-0.4, -0.2) is 47.3 Å². The zero-order valence-electron chi connectivity index (χ0n) is 21.4. The highest BCUT2D eigenvalue weighted by molar-refractivity contribution is 6.04. The van der Waals surface area contributed by atoms with Crippen molar-refractivity contribution in [2.24, 2.45) is 0 Å². The lowest BCUT2D eigenvalue weighted by molar-refractivity contribution is -0.136. The van der Waals surface area contributed by atoms with Gasteiger partial charge in [0.15, 0.2) is 17.3 Å². The molecule has 0 unspecified atom stereocenters. The van der Waals surface area contributed by atoms with Crippen LogP contribution in [0.25, 0.3) is 0 Å². The monoisotopic (exact) mass is 493 g/mol. The van der Waals surface area contributed by atoms with Crippen molar-refractivity contribution in [3.8, 4) is 23.0 Å². The quantitative estimate of drug-likeness (QED) is 0.572. The number of rotatable bonds is 7. The third-order valence-electron chi connectivity index (χ3n) is 6.83. The molecule has 0 fully saturated rings. The fourth-order valence-corrected chi connectivity index (χ4v) is 5.24. The number of dihydropyridines is 1. The number of allylic oxidation sites excluding steroid dienone is 3. The lowest BCUT2D eigenvalue weighted by Crippen LogP contribution is -2.36. The second-order valence-electron chi connectivity index (χ2n) is 8.71. The van der Waals surface area contributed by atoms with E-state index in [2.05, 4.69) is 5.32 Å². The molecule has 0 aromatic heterocycles. The van der Waals surface area contributed by atoms with Gasteiger partial charge in [-0.15, -0.1) is 0 Å². The van der Waals surface area contributed by atoms with Crippen LogP contribution in [0.2, 0.25) is 0 Å². The van der Waals surface area contributed by atoms with Gasteiger partial charge in [-0.3, -0.25) is 4.79 Å². The van der Waals surface area contributed by atoms with Crippen molar-refractivity contribution in [2.45, 2.75) is 31.6 Å². The number of hydrogen-bond donors (Lipinski definition) is 1. The molecule has 4 rings (SSSR count). The summed E-state index contributed by atoms with van der Waals surface area (Å²) in [6, 6.07) is 11.3. The molecule has 2 aromatic rings. The van der Waals surface area contributed by atoms with Gasteiger partial charge in [-0.25, -0.2) is 4.79 Å². The molecule has 0 radical (unpaired) electrons. The van der Waals surface area contributed by atoms with E-state index in [0.29, 0.717) is 46.1 Å². The Morgan fingerprint density at radius 3 is 2.11 bits per heavy atom. The maximum absolute atomic E-state index is 13.8. The number of para-hydroxylation sites is 1. The minimum absolute atomic E-state index is 0.0488. The molecular formula is C28H31NO7. The molecule has 2 aromatic carbocycles. The number of nitrogens with one attached hydrogen (secondary N) is 1. The Morgan fingerprint density at radius 1 is 0.889 bits per heavy atom. The van der Waals surface area contributed by atoms with Crippen LogP contribution in [0.4, 0.5) is 0 Å². The molecule has 8 heteroatoms. The molecule has 190 valence electrons. The van der Waals surface area contributed by atoms with Crippen LogP contribution in [0.3, 0.4) is 0 Å². The summed E-state index contributed by atoms with van der Waals surface area (Å²) >= 11 is 0. The van der Waals surface area contributed by atoms with Crippen LogP contribution < -0.4 is 24.3 Å². The first-order valence-corrected chi connectivity index (χ1v) is 11.6. The van der Waals surface area contributed by atoms with Gasteiger partial charge in [-0.1, -0.05) is 18.2 Å². The molecule has 0 spiro atoms. The summed E-state index contributed by atoms with van der Waals surface area (Å²) in [5, 5.41) is 3.34. The number of ether oxygens (including phenoxy) is 5. The van der Waals surface area contributed by atoms with E-state index >= 15 is 0 Å². The van der Waals surface area contributed by atoms with E-state index in [4.69, 9.17) is 23.7 Å². The molecule has 2 aliphatic rings. The molecule has 1 heterocycles. The molecule has 2 atom stereocenters. The van der Waals surface area contributed by atoms with Gasteiger partial charge in [0.05, 0.1) is 41.1 Å². The Morgan fingerprint density at radius 2 is 1.53 bits per heavy atom. The van der Waals surface area contributed by atoms with E-state index in [1.54, 1.807) is 19.2 Å². The number of methoxy groups -OCH3 is 5. The zero-order valence-corrected chi connectivity index (χ0v) is 21.4. The van der Waals surface area contributed by atoms with Gasteiger partial charge in [0.2, 0.25) is 5.75 Å². The van der Waals surface area contributed by atoms with Crippen molar-refractivity contribution in [2.75, 3.05) is 35.5 Å². The SMILES string of the molecule is COC(=O)C1=C(C)NC2=C(C(=O)C[C@@H](c3ccccc3OC)C2)[C@@H]1c1cc(OC)c(OC)c(OC)c1. The van der Waals surface area contributed by atoms with Crippen LogP contribution in [0.1, 0.15) is 42.7 Å². The van der Waals surface area contributed by atoms with Crippen LogP contribution in [0, 0.1) is 0 Å². The zero-order chi connectivity index (χ0) is 26.0. The van der Waals surface area contributed by atoms with Crippen molar-refractivity contribution in [1.29, 1.82) is 0 Å². The molecular weight excluding hydrogens is 462 g/mol. The Balaban J connectivity index is 1.89. The smallest absolute Gasteiger partial charge is 0.336 e. The van der Waals surface area contributed by atoms with E-state index in [-0.39, 0.29) is 18.1 Å². The summed E-state index contributed by atoms with van der Waals surface area (Å²) in [4.78, 5) is 26.8. The number of carbonyl (C=O) groups excluding carboxylic acids is 2. The van der Waals surface area contributed by atoms with Gasteiger partial charge in [0.1, 0.15) is 5.75 Å². The van der Waals surface area contributed by atoms with Crippen molar-refractivity contribution in [1.82, 2.24) is 5.32 Å². The number of hydrogen-bond acceptors (Lipinski definition) is 8. The molecule has 1 N–H and O–H groups in total. The molecule has 0 amide bonds. The summed E-state index contributed by atoms with van der Waals surface area (Å²) in [6.45, 7) is 1.82. The topological polar surface area (TPSA) is 92.3 Å². The summed E-state index contributed by atoms with van der Waals surface area (Å²) in [5.74, 6) is 0.769. The lowest BCUT2D eigenvalue weighted by atomic mass is 9.71. The number of ketones is 1. The van der Waals surface area contributed by atoms with E-state index in [1.807, 2.05) is 31.2 Å². The van der Waals surface area contributed by atoms with Crippen molar-refractivity contribution < 1.29 is 33.3 Å². The largest absolute Gasteiger partial charge is 0.496 e. The summed E-state index contributed by atoms with van der Waals surface area (Å²) in [6.07, 6.45) is 0.878. The van der Waals surface area contributed by atoms with Gasteiger partial charge in [-0.05, 0) is 42.7 Å². The summed E-state index contributed by atoms with van der Waals surface area (Å²) in [5.41, 5.74) is 3.98. The fraction of sp³-hybridized carbons (Fsp3) is 0.357. The number of carbonyl (C=O) groups is 2. The third kappa shape index (κ3) is 4.27. The summed E-state index contributed by atoms with van der Waals surface area (Å²) < 4.78 is 27.3. The molecule has 0 saturated heterocycles. The molecule has 0 saturated carbocycles. The van der Waals surface area contributed by atoms with E-state index < -0.39 is 11.9 Å². The van der Waals surface area contributed by atoms with Crippen LogP contribution in [-0.2, 0) is 14.3 Å². The van der Waals surface area contributed by atoms with Crippen LogP contribution in [0.15, 0.2) is 58.9 Å². The minimum Gasteiger partial charge on any atom is -0.496 e. The number of esters is 1. The molecule has 36 heavy (non-hydrogen) atoms. The maximum atomic E-state index is 13.8. The van der Waals surface area contributed by atoms with Gasteiger partial charge in [0, 0.05) is 35.2 Å². The molecule has 1 aliphatic carbocycles. The fourth-order valence-electron chi connectivity index (χ4n) is 5.24. The van der Waals surface area contributed by atoms with Crippen LogP contribution in [0.5, 0.6) is 23.0 Å². The predicted molar refractivity (Wildman–Crippen MR) is 134 cm³/mol. The van der Waals surface area contributed by atoms with Gasteiger partial charge >= 0.3 is 5.97 Å². The highest BCUT2D eigenvalue weighted by Crippen LogP contribution is 2.49. The second-order valence-corrected chi connectivity index (χ2v) is 8.71. The highest BCUT2D eigenvalue weighted by atomic mass is 16.5. The average molecular weight is 494 g/mol. The van der Waals surface area contributed by atoms with Gasteiger partial charge in [0.25, 0.3) is 0 Å². The van der Waals surface area contributed by atoms with E-state index in [9.17, 15) is 9.59 Å². The number of Topliss-reactive ketones (excluding diaryl/α,β-unsaturated/α-hetero) is 1. The second kappa shape index (κ2) is 10.4. The van der Waals surface area contributed by atoms with E-state index in [1.165, 1.54) is 28.4 Å². The first kappa shape index (κ1) is 25.2. The molecule has 1 aliphatic heterocycles. The average Bonchev–Trinajstić information content (AvgIpc) is 2.90. The maximum Gasteiger partial charge on any atom is 0.336 e. The Hall–Kier alpha value is -3.94. The van der Waals surface area contributed by atoms with E-state index in [0.717, 1.165) is 17.0 Å². The van der Waals surface area contributed by atoms with Crippen molar-refractivity contribution >= 4 is 11.8 Å². The predicted octanol–water partition coefficient (Wildman–Crippen LogP) is 4.26. The minimum atomic E-state index is -0.659. The van der Waals surface area contributed by atoms with Crippen LogP contribution >= 0.6 is 0 Å². The molecule has 0 bridgehead atoms. The first-order chi connectivity index (χ1) is 17.4. The highest BCUT2D eigenvalue weighted by Gasteiger charge is 2.42. The van der Waals surface area contributed by atoms with Gasteiger partial charge < -0.3 is 29.0 Å². The standard InChI is InChI=1S/C28H31NO7/c1-15-24(28(31)36-6)25(17-13-22(33-3)27(35-5)23(14-17)34-4)26-19(29-15)11-16(12-20(26)30)18-9-7-8-10-21(18)32-2/h7-10,13-14,16,25,29H,11-12H2,1-6H3/t16-,25+/m0/s1. The van der Waals surface area contributed by atoms with Crippen molar-refractivity contribution in [3.63, 3.8) is 0 Å².